The zero-order valence-corrected chi connectivity index (χ0v) is 10.4. The summed E-state index contributed by atoms with van der Waals surface area (Å²) in [5.41, 5.74) is 6.66. The lowest BCUT2D eigenvalue weighted by molar-refractivity contribution is 0.871. The monoisotopic (exact) mass is 248 g/mol. The minimum Gasteiger partial charge on any atom is -0.360 e. The van der Waals surface area contributed by atoms with Crippen molar-refractivity contribution < 1.29 is 0 Å². The minimum absolute atomic E-state index is 0.697. The Morgan fingerprint density at radius 2 is 2.06 bits per heavy atom. The fourth-order valence-corrected chi connectivity index (χ4v) is 2.08. The van der Waals surface area contributed by atoms with Crippen molar-refractivity contribution in [1.29, 1.82) is 0 Å². The van der Waals surface area contributed by atoms with Crippen LogP contribution in [0, 0.1) is 0 Å². The highest BCUT2D eigenvalue weighted by atomic mass is 32.1. The van der Waals surface area contributed by atoms with E-state index < -0.39 is 0 Å². The van der Waals surface area contributed by atoms with Gasteiger partial charge in [0.25, 0.3) is 0 Å². The van der Waals surface area contributed by atoms with Crippen molar-refractivity contribution in [3.05, 3.63) is 41.7 Å². The van der Waals surface area contributed by atoms with Gasteiger partial charge < -0.3 is 11.1 Å². The fourth-order valence-electron chi connectivity index (χ4n) is 1.47. The predicted molar refractivity (Wildman–Crippen MR) is 71.3 cm³/mol. The summed E-state index contributed by atoms with van der Waals surface area (Å²) in [4.78, 5) is 4.43. The molecular weight excluding hydrogens is 232 g/mol. The van der Waals surface area contributed by atoms with Gasteiger partial charge in [-0.05, 0) is 18.5 Å². The van der Waals surface area contributed by atoms with Crippen LogP contribution in [-0.4, -0.2) is 22.4 Å². The molecule has 0 spiro atoms. The van der Waals surface area contributed by atoms with Crippen LogP contribution in [0.4, 0.5) is 5.13 Å². The van der Waals surface area contributed by atoms with Crippen molar-refractivity contribution in [2.24, 2.45) is 5.73 Å². The molecule has 17 heavy (non-hydrogen) atoms. The van der Waals surface area contributed by atoms with E-state index in [0.29, 0.717) is 6.54 Å². The Morgan fingerprint density at radius 3 is 2.82 bits per heavy atom. The standard InChI is InChI=1S/C12H16N4S/c13-7-4-8-14-12-15-11(16-17-12)9-10-5-2-1-3-6-10/h1-3,5-6H,4,7-9,13H2,(H,14,15,16). The highest BCUT2D eigenvalue weighted by Crippen LogP contribution is 2.13. The maximum atomic E-state index is 5.43. The smallest absolute Gasteiger partial charge is 0.202 e. The summed E-state index contributed by atoms with van der Waals surface area (Å²) in [6, 6.07) is 10.2. The quantitative estimate of drug-likeness (QED) is 0.766. The average Bonchev–Trinajstić information content (AvgIpc) is 2.79. The van der Waals surface area contributed by atoms with E-state index in [4.69, 9.17) is 5.73 Å². The lowest BCUT2D eigenvalue weighted by Crippen LogP contribution is -2.08. The molecule has 0 aliphatic carbocycles. The Labute approximate surface area is 105 Å². The van der Waals surface area contributed by atoms with Crippen molar-refractivity contribution in [3.8, 4) is 0 Å². The normalized spacial score (nSPS) is 10.4. The van der Waals surface area contributed by atoms with Gasteiger partial charge in [-0.3, -0.25) is 0 Å². The minimum atomic E-state index is 0.697. The molecule has 0 aliphatic rings. The Hall–Kier alpha value is -1.46. The van der Waals surface area contributed by atoms with E-state index in [1.165, 1.54) is 17.1 Å². The number of nitrogens with two attached hydrogens (primary N) is 1. The SMILES string of the molecule is NCCCNc1nc(Cc2ccccc2)ns1. The summed E-state index contributed by atoms with van der Waals surface area (Å²) in [7, 11) is 0. The maximum Gasteiger partial charge on any atom is 0.202 e. The molecule has 3 N–H and O–H groups in total. The van der Waals surface area contributed by atoms with Crippen molar-refractivity contribution in [2.45, 2.75) is 12.8 Å². The molecule has 0 bridgehead atoms. The summed E-state index contributed by atoms with van der Waals surface area (Å²) in [5, 5.41) is 4.10. The molecule has 4 nitrogen and oxygen atoms in total. The highest BCUT2D eigenvalue weighted by molar-refractivity contribution is 7.09. The number of hydrogen-bond acceptors (Lipinski definition) is 5. The molecule has 1 aromatic carbocycles. The first-order valence-corrected chi connectivity index (χ1v) is 6.46. The van der Waals surface area contributed by atoms with E-state index in [-0.39, 0.29) is 0 Å². The summed E-state index contributed by atoms with van der Waals surface area (Å²) >= 11 is 1.41. The molecule has 0 radical (unpaired) electrons. The summed E-state index contributed by atoms with van der Waals surface area (Å²) in [6.45, 7) is 1.55. The molecule has 2 aromatic rings. The van der Waals surface area contributed by atoms with Gasteiger partial charge in [-0.1, -0.05) is 30.3 Å². The molecule has 5 heteroatoms. The van der Waals surface area contributed by atoms with Gasteiger partial charge in [-0.2, -0.15) is 4.37 Å². The van der Waals surface area contributed by atoms with E-state index in [2.05, 4.69) is 26.8 Å². The molecule has 2 rings (SSSR count). The topological polar surface area (TPSA) is 63.8 Å². The van der Waals surface area contributed by atoms with Gasteiger partial charge in [-0.15, -0.1) is 0 Å². The van der Waals surface area contributed by atoms with Gasteiger partial charge in [-0.25, -0.2) is 4.98 Å². The van der Waals surface area contributed by atoms with Crippen LogP contribution < -0.4 is 11.1 Å². The van der Waals surface area contributed by atoms with Crippen LogP contribution >= 0.6 is 11.5 Å². The molecular formula is C12H16N4S. The number of anilines is 1. The molecule has 0 amide bonds. The first kappa shape index (κ1) is 12.0. The van der Waals surface area contributed by atoms with Crippen LogP contribution in [0.5, 0.6) is 0 Å². The third kappa shape index (κ3) is 3.80. The third-order valence-electron chi connectivity index (χ3n) is 2.33. The largest absolute Gasteiger partial charge is 0.360 e. The van der Waals surface area contributed by atoms with E-state index >= 15 is 0 Å². The first-order chi connectivity index (χ1) is 8.38. The Morgan fingerprint density at radius 1 is 1.24 bits per heavy atom. The number of nitrogens with one attached hydrogen (secondary N) is 1. The Balaban J connectivity index is 1.90. The predicted octanol–water partition coefficient (Wildman–Crippen LogP) is 1.89. The molecule has 0 unspecified atom stereocenters. The number of rotatable bonds is 6. The lowest BCUT2D eigenvalue weighted by atomic mass is 10.1. The average molecular weight is 248 g/mol. The van der Waals surface area contributed by atoms with E-state index in [0.717, 1.165) is 30.3 Å². The van der Waals surface area contributed by atoms with Gasteiger partial charge in [0.05, 0.1) is 0 Å². The van der Waals surface area contributed by atoms with Crippen LogP contribution in [0.15, 0.2) is 30.3 Å². The zero-order valence-electron chi connectivity index (χ0n) is 9.60. The Bertz CT molecular complexity index is 441. The Kier molecular flexibility index (Phi) is 4.46. The molecule has 0 fully saturated rings. The van der Waals surface area contributed by atoms with Crippen molar-refractivity contribution in [1.82, 2.24) is 9.36 Å². The lowest BCUT2D eigenvalue weighted by Gasteiger charge is -1.98. The van der Waals surface area contributed by atoms with E-state index in [1.54, 1.807) is 0 Å². The molecule has 1 heterocycles. The van der Waals surface area contributed by atoms with Gasteiger partial charge in [0.15, 0.2) is 0 Å². The summed E-state index contributed by atoms with van der Waals surface area (Å²) in [6.07, 6.45) is 1.74. The van der Waals surface area contributed by atoms with E-state index in [9.17, 15) is 0 Å². The molecule has 0 saturated heterocycles. The summed E-state index contributed by atoms with van der Waals surface area (Å²) < 4.78 is 4.33. The van der Waals surface area contributed by atoms with Crippen LogP contribution in [0.25, 0.3) is 0 Å². The van der Waals surface area contributed by atoms with Crippen LogP contribution in [-0.2, 0) is 6.42 Å². The van der Waals surface area contributed by atoms with Crippen molar-refractivity contribution >= 4 is 16.7 Å². The zero-order chi connectivity index (χ0) is 11.9. The highest BCUT2D eigenvalue weighted by Gasteiger charge is 2.03. The van der Waals surface area contributed by atoms with Crippen LogP contribution in [0.1, 0.15) is 17.8 Å². The third-order valence-corrected chi connectivity index (χ3v) is 3.04. The fraction of sp³-hybridized carbons (Fsp3) is 0.333. The second kappa shape index (κ2) is 6.32. The molecule has 0 saturated carbocycles. The molecule has 90 valence electrons. The molecule has 1 aromatic heterocycles. The molecule has 0 atom stereocenters. The number of aromatic nitrogens is 2. The first-order valence-electron chi connectivity index (χ1n) is 5.69. The number of benzene rings is 1. The summed E-state index contributed by atoms with van der Waals surface area (Å²) in [5.74, 6) is 0.872. The van der Waals surface area contributed by atoms with Gasteiger partial charge in [0.2, 0.25) is 5.13 Å². The maximum absolute atomic E-state index is 5.43. The second-order valence-electron chi connectivity index (χ2n) is 3.75. The second-order valence-corrected chi connectivity index (χ2v) is 4.50. The molecule has 0 aliphatic heterocycles. The number of nitrogens with zero attached hydrogens (tertiary/aromatic N) is 2. The van der Waals surface area contributed by atoms with Crippen LogP contribution in [0.2, 0.25) is 0 Å². The number of hydrogen-bond donors (Lipinski definition) is 2. The van der Waals surface area contributed by atoms with E-state index in [1.807, 2.05) is 18.2 Å². The van der Waals surface area contributed by atoms with Gasteiger partial charge >= 0.3 is 0 Å². The van der Waals surface area contributed by atoms with Crippen molar-refractivity contribution in [2.75, 3.05) is 18.4 Å². The van der Waals surface area contributed by atoms with Crippen LogP contribution in [0.3, 0.4) is 0 Å². The van der Waals surface area contributed by atoms with Gasteiger partial charge in [0.1, 0.15) is 5.82 Å². The van der Waals surface area contributed by atoms with Gasteiger partial charge in [0, 0.05) is 24.5 Å². The van der Waals surface area contributed by atoms with Crippen molar-refractivity contribution in [3.63, 3.8) is 0 Å².